The molecule has 1 unspecified atom stereocenters. The lowest BCUT2D eigenvalue weighted by Gasteiger charge is -2.14. The monoisotopic (exact) mass is 389 g/mol. The van der Waals surface area contributed by atoms with Crippen LogP contribution >= 0.6 is 24.2 Å². The van der Waals surface area contributed by atoms with Crippen molar-refractivity contribution >= 4 is 41.4 Å². The minimum Gasteiger partial charge on any atom is -0.466 e. The summed E-state index contributed by atoms with van der Waals surface area (Å²) in [6.07, 6.45) is 2.57. The molecule has 0 N–H and O–H groups in total. The fourth-order valence-electron chi connectivity index (χ4n) is 2.79. The number of hydrogen-bond donors (Lipinski definition) is 1. The number of hydrogen-bond acceptors (Lipinski definition) is 5. The Hall–Kier alpha value is -2.05. The average Bonchev–Trinajstić information content (AvgIpc) is 3.00. The van der Waals surface area contributed by atoms with Gasteiger partial charge in [-0.1, -0.05) is 23.7 Å². The first-order valence-corrected chi connectivity index (χ1v) is 9.37. The maximum Gasteiger partial charge on any atom is 0.305 e. The van der Waals surface area contributed by atoms with Gasteiger partial charge in [0.25, 0.3) is 0 Å². The van der Waals surface area contributed by atoms with Crippen molar-refractivity contribution in [3.63, 3.8) is 0 Å². The van der Waals surface area contributed by atoms with E-state index in [0.29, 0.717) is 36.7 Å². The Bertz CT molecular complexity index is 895. The van der Waals surface area contributed by atoms with Crippen molar-refractivity contribution in [3.05, 3.63) is 59.0 Å². The molecule has 0 saturated carbocycles. The van der Waals surface area contributed by atoms with Crippen LogP contribution < -0.4 is 0 Å². The zero-order chi connectivity index (χ0) is 18.5. The predicted molar refractivity (Wildman–Crippen MR) is 106 cm³/mol. The molecule has 0 amide bonds. The summed E-state index contributed by atoms with van der Waals surface area (Å²) in [5.74, 6) is 0.575. The van der Waals surface area contributed by atoms with Gasteiger partial charge in [-0.3, -0.25) is 4.79 Å². The summed E-state index contributed by atoms with van der Waals surface area (Å²) in [7, 11) is 0. The molecule has 0 aliphatic carbocycles. The van der Waals surface area contributed by atoms with Gasteiger partial charge in [0.15, 0.2) is 5.65 Å². The standard InChI is InChI=1S/C19H20ClN3O2S/c1-2-25-17(24)10-9-16(26)19-22-18-15(4-3-11-21-18)23(19)12-13-5-7-14(20)8-6-13/h3-8,11,16,26H,2,9-10,12H2,1H3. The van der Waals surface area contributed by atoms with E-state index in [1.54, 1.807) is 13.1 Å². The molecule has 1 atom stereocenters. The van der Waals surface area contributed by atoms with Crippen molar-refractivity contribution in [1.29, 1.82) is 0 Å². The molecule has 3 aromatic rings. The summed E-state index contributed by atoms with van der Waals surface area (Å²) in [4.78, 5) is 20.6. The zero-order valence-electron chi connectivity index (χ0n) is 14.4. The molecule has 0 fully saturated rings. The highest BCUT2D eigenvalue weighted by Gasteiger charge is 2.19. The van der Waals surface area contributed by atoms with E-state index >= 15 is 0 Å². The zero-order valence-corrected chi connectivity index (χ0v) is 16.1. The number of benzene rings is 1. The topological polar surface area (TPSA) is 57.0 Å². The van der Waals surface area contributed by atoms with Gasteiger partial charge >= 0.3 is 5.97 Å². The van der Waals surface area contributed by atoms with Crippen LogP contribution in [0.2, 0.25) is 5.02 Å². The Morgan fingerprint density at radius 2 is 2.08 bits per heavy atom. The lowest BCUT2D eigenvalue weighted by molar-refractivity contribution is -0.143. The van der Waals surface area contributed by atoms with Gasteiger partial charge in [0, 0.05) is 24.2 Å². The van der Waals surface area contributed by atoms with Crippen LogP contribution in [0.15, 0.2) is 42.6 Å². The molecule has 5 nitrogen and oxygen atoms in total. The first-order chi connectivity index (χ1) is 12.6. The van der Waals surface area contributed by atoms with Crippen LogP contribution in [-0.4, -0.2) is 27.1 Å². The molecule has 26 heavy (non-hydrogen) atoms. The van der Waals surface area contributed by atoms with Gasteiger partial charge in [-0.25, -0.2) is 9.97 Å². The van der Waals surface area contributed by atoms with Gasteiger partial charge in [-0.05, 0) is 43.2 Å². The van der Waals surface area contributed by atoms with Crippen molar-refractivity contribution in [3.8, 4) is 0 Å². The first kappa shape index (κ1) is 18.7. The number of carbonyl (C=O) groups excluding carboxylic acids is 1. The van der Waals surface area contributed by atoms with E-state index in [0.717, 1.165) is 16.9 Å². The first-order valence-electron chi connectivity index (χ1n) is 8.47. The maximum absolute atomic E-state index is 11.7. The Morgan fingerprint density at radius 3 is 2.81 bits per heavy atom. The van der Waals surface area contributed by atoms with Crippen LogP contribution in [0, 0.1) is 0 Å². The van der Waals surface area contributed by atoms with Crippen LogP contribution in [0.4, 0.5) is 0 Å². The van der Waals surface area contributed by atoms with Crippen LogP contribution in [0.5, 0.6) is 0 Å². The number of nitrogens with zero attached hydrogens (tertiary/aromatic N) is 3. The third kappa shape index (κ3) is 4.37. The molecule has 0 bridgehead atoms. The number of imidazole rings is 1. The number of aromatic nitrogens is 3. The number of ether oxygens (including phenoxy) is 1. The van der Waals surface area contributed by atoms with E-state index < -0.39 is 0 Å². The lowest BCUT2D eigenvalue weighted by atomic mass is 10.2. The number of rotatable bonds is 7. The predicted octanol–water partition coefficient (Wildman–Crippen LogP) is 4.45. The van der Waals surface area contributed by atoms with Gasteiger partial charge in [0.1, 0.15) is 5.82 Å². The van der Waals surface area contributed by atoms with Crippen molar-refractivity contribution < 1.29 is 9.53 Å². The molecule has 136 valence electrons. The van der Waals surface area contributed by atoms with Crippen LogP contribution in [0.1, 0.15) is 36.4 Å². The molecule has 0 aliphatic heterocycles. The minimum atomic E-state index is -0.218. The second kappa shape index (κ2) is 8.56. The highest BCUT2D eigenvalue weighted by Crippen LogP contribution is 2.28. The molecular formula is C19H20ClN3O2S. The fraction of sp³-hybridized carbons (Fsp3) is 0.316. The molecule has 2 heterocycles. The normalized spacial score (nSPS) is 12.3. The third-order valence-electron chi connectivity index (χ3n) is 4.03. The summed E-state index contributed by atoms with van der Waals surface area (Å²) in [6.45, 7) is 2.81. The third-order valence-corrected chi connectivity index (χ3v) is 4.77. The van der Waals surface area contributed by atoms with E-state index in [1.807, 2.05) is 36.4 Å². The second-order valence-corrected chi connectivity index (χ2v) is 6.95. The Kier molecular flexibility index (Phi) is 6.16. The molecule has 0 spiro atoms. The molecular weight excluding hydrogens is 370 g/mol. The van der Waals surface area contributed by atoms with Gasteiger partial charge in [0.05, 0.1) is 17.4 Å². The van der Waals surface area contributed by atoms with Crippen molar-refractivity contribution in [1.82, 2.24) is 14.5 Å². The highest BCUT2D eigenvalue weighted by molar-refractivity contribution is 7.80. The SMILES string of the molecule is CCOC(=O)CCC(S)c1nc2ncccc2n1Cc1ccc(Cl)cc1. The molecule has 1 aromatic carbocycles. The Balaban J connectivity index is 1.88. The fourth-order valence-corrected chi connectivity index (χ4v) is 3.24. The highest BCUT2D eigenvalue weighted by atomic mass is 35.5. The van der Waals surface area contributed by atoms with E-state index in [2.05, 4.69) is 27.2 Å². The average molecular weight is 390 g/mol. The number of thiol groups is 1. The lowest BCUT2D eigenvalue weighted by Crippen LogP contribution is -2.10. The number of esters is 1. The summed E-state index contributed by atoms with van der Waals surface area (Å²) in [5.41, 5.74) is 2.71. The van der Waals surface area contributed by atoms with Crippen LogP contribution in [-0.2, 0) is 16.1 Å². The van der Waals surface area contributed by atoms with E-state index in [4.69, 9.17) is 16.3 Å². The molecule has 7 heteroatoms. The molecule has 3 rings (SSSR count). The van der Waals surface area contributed by atoms with E-state index in [9.17, 15) is 4.79 Å². The summed E-state index contributed by atoms with van der Waals surface area (Å²) in [5, 5.41) is 0.508. The smallest absolute Gasteiger partial charge is 0.305 e. The molecule has 0 aliphatic rings. The van der Waals surface area contributed by atoms with Gasteiger partial charge < -0.3 is 9.30 Å². The quantitative estimate of drug-likeness (QED) is 0.479. The second-order valence-electron chi connectivity index (χ2n) is 5.89. The van der Waals surface area contributed by atoms with Crippen molar-refractivity contribution in [2.45, 2.75) is 31.6 Å². The number of pyridine rings is 1. The van der Waals surface area contributed by atoms with E-state index in [1.165, 1.54) is 0 Å². The van der Waals surface area contributed by atoms with Gasteiger partial charge in [-0.2, -0.15) is 12.6 Å². The number of fused-ring (bicyclic) bond motifs is 1. The summed E-state index contributed by atoms with van der Waals surface area (Å²) >= 11 is 10.7. The maximum atomic E-state index is 11.7. The molecule has 0 radical (unpaired) electrons. The number of carbonyl (C=O) groups is 1. The van der Waals surface area contributed by atoms with Gasteiger partial charge in [-0.15, -0.1) is 0 Å². The van der Waals surface area contributed by atoms with Crippen molar-refractivity contribution in [2.24, 2.45) is 0 Å². The van der Waals surface area contributed by atoms with E-state index in [-0.39, 0.29) is 11.2 Å². The van der Waals surface area contributed by atoms with Crippen LogP contribution in [0.25, 0.3) is 11.2 Å². The van der Waals surface area contributed by atoms with Crippen LogP contribution in [0.3, 0.4) is 0 Å². The summed E-state index contributed by atoms with van der Waals surface area (Å²) in [6, 6.07) is 11.6. The van der Waals surface area contributed by atoms with Crippen molar-refractivity contribution in [2.75, 3.05) is 6.61 Å². The largest absolute Gasteiger partial charge is 0.466 e. The summed E-state index contributed by atoms with van der Waals surface area (Å²) < 4.78 is 7.09. The molecule has 2 aromatic heterocycles. The number of halogens is 1. The Morgan fingerprint density at radius 1 is 1.31 bits per heavy atom. The molecule has 0 saturated heterocycles. The Labute approximate surface area is 162 Å². The van der Waals surface area contributed by atoms with Gasteiger partial charge in [0.2, 0.25) is 0 Å². The minimum absolute atomic E-state index is 0.194.